The molecule has 0 saturated heterocycles. The van der Waals surface area contributed by atoms with E-state index < -0.39 is 0 Å². The topological polar surface area (TPSA) is 6.48 Å². The Morgan fingerprint density at radius 2 is 0.954 bits per heavy atom. The molecule has 0 unspecified atom stereocenters. The van der Waals surface area contributed by atoms with Crippen LogP contribution in [0, 0.1) is 13.8 Å². The Morgan fingerprint density at radius 3 is 1.58 bits per heavy atom. The summed E-state index contributed by atoms with van der Waals surface area (Å²) in [6, 6.07) is 50.0. The summed E-state index contributed by atoms with van der Waals surface area (Å²) in [6.45, 7) is 29.4. The van der Waals surface area contributed by atoms with E-state index in [1.165, 1.54) is 130 Å². The zero-order valence-corrected chi connectivity index (χ0v) is 40.7. The lowest BCUT2D eigenvalue weighted by Gasteiger charge is -2.48. The molecule has 2 heterocycles. The van der Waals surface area contributed by atoms with E-state index >= 15 is 0 Å². The fourth-order valence-corrected chi connectivity index (χ4v) is 13.8. The molecule has 7 aromatic carbocycles. The average molecular weight is 847 g/mol. The van der Waals surface area contributed by atoms with Gasteiger partial charge in [-0.2, -0.15) is 0 Å². The molecular formula is C62H63BN2. The number of hydrogen-bond acceptors (Lipinski definition) is 2. The van der Waals surface area contributed by atoms with Gasteiger partial charge in [0.15, 0.2) is 0 Å². The second kappa shape index (κ2) is 13.2. The van der Waals surface area contributed by atoms with Crippen LogP contribution in [0.4, 0.5) is 34.1 Å². The van der Waals surface area contributed by atoms with E-state index in [-0.39, 0.29) is 33.8 Å². The van der Waals surface area contributed by atoms with Gasteiger partial charge in [0.2, 0.25) is 0 Å². The third-order valence-corrected chi connectivity index (χ3v) is 17.0. The van der Waals surface area contributed by atoms with Crippen molar-refractivity contribution in [3.63, 3.8) is 0 Å². The lowest BCUT2D eigenvalue weighted by Crippen LogP contribution is -2.62. The molecule has 0 saturated carbocycles. The molecule has 0 aromatic heterocycles. The average Bonchev–Trinajstić information content (AvgIpc) is 3.61. The van der Waals surface area contributed by atoms with Gasteiger partial charge in [-0.25, -0.2) is 0 Å². The van der Waals surface area contributed by atoms with Gasteiger partial charge in [-0.15, -0.1) is 0 Å². The predicted octanol–water partition coefficient (Wildman–Crippen LogP) is 14.7. The SMILES string of the molecule is Cc1cc2c3c(c1)N(c1cccc4c1-c1ccccc1C4(C)C)c1cc4c(cc1B3c1cc3c(cc1N2c1ccc(-c2ccccc2)cc1C)C(C)(C)CC3(C)C)C(C)(C)CCC4(C)C. The zero-order chi connectivity index (χ0) is 45.3. The third kappa shape index (κ3) is 5.60. The summed E-state index contributed by atoms with van der Waals surface area (Å²) in [6.07, 6.45) is 3.48. The Kier molecular flexibility index (Phi) is 8.25. The van der Waals surface area contributed by atoms with Crippen LogP contribution in [0.1, 0.15) is 133 Å². The van der Waals surface area contributed by atoms with Crippen molar-refractivity contribution in [3.05, 3.63) is 172 Å². The van der Waals surface area contributed by atoms with Gasteiger partial charge in [0.1, 0.15) is 0 Å². The largest absolute Gasteiger partial charge is 0.311 e. The molecule has 0 N–H and O–H groups in total. The van der Waals surface area contributed by atoms with Crippen molar-refractivity contribution in [2.45, 2.75) is 129 Å². The van der Waals surface area contributed by atoms with Crippen molar-refractivity contribution in [1.82, 2.24) is 0 Å². The number of benzene rings is 7. The Balaban J connectivity index is 1.21. The van der Waals surface area contributed by atoms with E-state index in [1.807, 2.05) is 0 Å². The molecule has 2 aliphatic heterocycles. The highest BCUT2D eigenvalue weighted by Gasteiger charge is 2.50. The van der Waals surface area contributed by atoms with Crippen LogP contribution in [0.25, 0.3) is 22.3 Å². The summed E-state index contributed by atoms with van der Waals surface area (Å²) in [4.78, 5) is 5.40. The Bertz CT molecular complexity index is 3200. The molecule has 2 nitrogen and oxygen atoms in total. The third-order valence-electron chi connectivity index (χ3n) is 17.0. The Labute approximate surface area is 388 Å². The summed E-state index contributed by atoms with van der Waals surface area (Å²) in [7, 11) is 0. The first kappa shape index (κ1) is 40.7. The van der Waals surface area contributed by atoms with Gasteiger partial charge in [0.05, 0.1) is 5.69 Å². The first-order chi connectivity index (χ1) is 30.8. The molecule has 3 heteroatoms. The van der Waals surface area contributed by atoms with Crippen molar-refractivity contribution in [2.75, 3.05) is 9.80 Å². The van der Waals surface area contributed by atoms with Crippen LogP contribution in [-0.2, 0) is 27.1 Å². The number of anilines is 6. The van der Waals surface area contributed by atoms with Crippen LogP contribution in [0.15, 0.2) is 127 Å². The van der Waals surface area contributed by atoms with Crippen LogP contribution in [0.2, 0.25) is 0 Å². The van der Waals surface area contributed by atoms with Gasteiger partial charge in [-0.05, 0) is 175 Å². The smallest absolute Gasteiger partial charge is 0.252 e. The van der Waals surface area contributed by atoms with Crippen molar-refractivity contribution in [2.24, 2.45) is 0 Å². The molecule has 0 fully saturated rings. The molecular weight excluding hydrogens is 784 g/mol. The second-order valence-corrected chi connectivity index (χ2v) is 23.7. The van der Waals surface area contributed by atoms with Crippen LogP contribution in [0.3, 0.4) is 0 Å². The van der Waals surface area contributed by atoms with Gasteiger partial charge >= 0.3 is 0 Å². The Morgan fingerprint density at radius 1 is 0.415 bits per heavy atom. The van der Waals surface area contributed by atoms with Gasteiger partial charge in [-0.1, -0.05) is 154 Å². The van der Waals surface area contributed by atoms with Crippen LogP contribution in [-0.4, -0.2) is 6.71 Å². The lowest BCUT2D eigenvalue weighted by atomic mass is 9.32. The lowest BCUT2D eigenvalue weighted by molar-refractivity contribution is 0.332. The first-order valence-electron chi connectivity index (χ1n) is 24.3. The van der Waals surface area contributed by atoms with E-state index in [4.69, 9.17) is 0 Å². The van der Waals surface area contributed by atoms with Gasteiger partial charge in [-0.3, -0.25) is 0 Å². The molecule has 0 bridgehead atoms. The quantitative estimate of drug-likeness (QED) is 0.163. The normalized spacial score (nSPS) is 19.1. The zero-order valence-electron chi connectivity index (χ0n) is 40.7. The molecule has 324 valence electrons. The van der Waals surface area contributed by atoms with Gasteiger partial charge in [0, 0.05) is 39.4 Å². The minimum Gasteiger partial charge on any atom is -0.311 e. The van der Waals surface area contributed by atoms with E-state index in [2.05, 4.69) is 220 Å². The predicted molar refractivity (Wildman–Crippen MR) is 279 cm³/mol. The maximum Gasteiger partial charge on any atom is 0.252 e. The maximum atomic E-state index is 2.72. The summed E-state index contributed by atoms with van der Waals surface area (Å²) < 4.78 is 0. The van der Waals surface area contributed by atoms with Gasteiger partial charge < -0.3 is 9.80 Å². The number of rotatable bonds is 3. The fourth-order valence-electron chi connectivity index (χ4n) is 13.8. The number of aryl methyl sites for hydroxylation is 2. The molecule has 65 heavy (non-hydrogen) atoms. The number of fused-ring (bicyclic) bond motifs is 9. The van der Waals surface area contributed by atoms with E-state index in [1.54, 1.807) is 0 Å². The molecule has 3 aliphatic carbocycles. The summed E-state index contributed by atoms with van der Waals surface area (Å²) >= 11 is 0. The number of nitrogens with zero attached hydrogens (tertiary/aromatic N) is 2. The summed E-state index contributed by atoms with van der Waals surface area (Å²) in [5, 5.41) is 0. The highest BCUT2D eigenvalue weighted by atomic mass is 15.2. The molecule has 0 radical (unpaired) electrons. The highest BCUT2D eigenvalue weighted by molar-refractivity contribution is 7.00. The highest BCUT2D eigenvalue weighted by Crippen LogP contribution is 2.57. The van der Waals surface area contributed by atoms with Crippen molar-refractivity contribution >= 4 is 57.2 Å². The van der Waals surface area contributed by atoms with Crippen molar-refractivity contribution in [1.29, 1.82) is 0 Å². The van der Waals surface area contributed by atoms with Crippen LogP contribution >= 0.6 is 0 Å². The summed E-state index contributed by atoms with van der Waals surface area (Å²) in [5.41, 5.74) is 28.8. The van der Waals surface area contributed by atoms with Crippen molar-refractivity contribution in [3.8, 4) is 22.3 Å². The molecule has 5 aliphatic rings. The van der Waals surface area contributed by atoms with Crippen LogP contribution < -0.4 is 26.2 Å². The molecule has 0 atom stereocenters. The minimum atomic E-state index is -0.114. The number of hydrogen-bond donors (Lipinski definition) is 0. The second-order valence-electron chi connectivity index (χ2n) is 23.7. The van der Waals surface area contributed by atoms with Crippen molar-refractivity contribution < 1.29 is 0 Å². The standard InChI is InChI=1S/C62H63BN2/c1-37-29-54-57-55(30-37)65(51-24-18-23-43-56(51)41-21-16-17-22-42(41)62(43,11)12)53-34-46-44(58(3,4)27-28-59(46,5)6)32-48(53)63(57)49-33-45-47(61(9,10)36-60(45,7)8)35-52(49)64(54)50-26-25-40(31-38(50)2)39-19-14-13-15-20-39/h13-26,29-35H,27-28,36H2,1-12H3. The van der Waals surface area contributed by atoms with E-state index in [9.17, 15) is 0 Å². The Hall–Kier alpha value is -5.80. The minimum absolute atomic E-state index is 0.0531. The van der Waals surface area contributed by atoms with Gasteiger partial charge in [0.25, 0.3) is 6.71 Å². The molecule has 7 aromatic rings. The molecule has 0 amide bonds. The van der Waals surface area contributed by atoms with Crippen LogP contribution in [0.5, 0.6) is 0 Å². The fraction of sp³-hybridized carbons (Fsp3) is 0.323. The van der Waals surface area contributed by atoms with E-state index in [0.29, 0.717) is 0 Å². The monoisotopic (exact) mass is 847 g/mol. The maximum absolute atomic E-state index is 2.72. The molecule has 0 spiro atoms. The summed E-state index contributed by atoms with van der Waals surface area (Å²) in [5.74, 6) is 0. The first-order valence-corrected chi connectivity index (χ1v) is 24.3. The van der Waals surface area contributed by atoms with E-state index in [0.717, 1.165) is 6.42 Å². The molecule has 12 rings (SSSR count).